The number of methoxy groups -OCH3 is 2. The van der Waals surface area contributed by atoms with E-state index in [2.05, 4.69) is 0 Å². The fourth-order valence-electron chi connectivity index (χ4n) is 2.88. The molecule has 100 valence electrons. The van der Waals surface area contributed by atoms with E-state index in [1.807, 2.05) is 18.2 Å². The van der Waals surface area contributed by atoms with Gasteiger partial charge in [-0.05, 0) is 18.4 Å². The van der Waals surface area contributed by atoms with Crippen LogP contribution in [0.4, 0.5) is 0 Å². The first-order valence-electron chi connectivity index (χ1n) is 6.17. The Morgan fingerprint density at radius 1 is 1.17 bits per heavy atom. The molecule has 2 atom stereocenters. The van der Waals surface area contributed by atoms with Crippen molar-refractivity contribution < 1.29 is 19.7 Å². The van der Waals surface area contributed by atoms with Gasteiger partial charge in [-0.25, -0.2) is 0 Å². The van der Waals surface area contributed by atoms with Crippen molar-refractivity contribution in [3.05, 3.63) is 35.9 Å². The lowest BCUT2D eigenvalue weighted by Gasteiger charge is -2.50. The Morgan fingerprint density at radius 2 is 1.78 bits per heavy atom. The number of aliphatic hydroxyl groups is 2. The molecule has 0 bridgehead atoms. The van der Waals surface area contributed by atoms with Crippen LogP contribution in [0, 0.1) is 0 Å². The van der Waals surface area contributed by atoms with E-state index in [4.69, 9.17) is 9.47 Å². The van der Waals surface area contributed by atoms with Crippen LogP contribution in [-0.2, 0) is 15.1 Å². The van der Waals surface area contributed by atoms with Gasteiger partial charge in [-0.3, -0.25) is 0 Å². The Balaban J connectivity index is 2.53. The van der Waals surface area contributed by atoms with Crippen LogP contribution in [0.3, 0.4) is 0 Å². The summed E-state index contributed by atoms with van der Waals surface area (Å²) in [5.41, 5.74) is -0.934. The minimum atomic E-state index is -1.55. The molecule has 1 aromatic rings. The highest BCUT2D eigenvalue weighted by Gasteiger charge is 2.59. The van der Waals surface area contributed by atoms with E-state index in [0.717, 1.165) is 6.42 Å². The summed E-state index contributed by atoms with van der Waals surface area (Å²) in [6, 6.07) is 9.07. The Hall–Kier alpha value is -0.940. The smallest absolute Gasteiger partial charge is 0.203 e. The van der Waals surface area contributed by atoms with E-state index < -0.39 is 17.5 Å². The van der Waals surface area contributed by atoms with Gasteiger partial charge in [0.2, 0.25) is 5.79 Å². The first-order valence-corrected chi connectivity index (χ1v) is 6.17. The third kappa shape index (κ3) is 1.77. The van der Waals surface area contributed by atoms with E-state index in [0.29, 0.717) is 18.4 Å². The highest BCUT2D eigenvalue weighted by Crippen LogP contribution is 2.47. The van der Waals surface area contributed by atoms with Crippen molar-refractivity contribution in [2.24, 2.45) is 0 Å². The number of rotatable bonds is 3. The van der Waals surface area contributed by atoms with Gasteiger partial charge in [-0.1, -0.05) is 30.3 Å². The van der Waals surface area contributed by atoms with Crippen LogP contribution in [0.1, 0.15) is 24.8 Å². The van der Waals surface area contributed by atoms with Crippen LogP contribution in [0.5, 0.6) is 0 Å². The summed E-state index contributed by atoms with van der Waals surface area (Å²) >= 11 is 0. The summed E-state index contributed by atoms with van der Waals surface area (Å²) in [6.07, 6.45) is 0.911. The molecule has 1 aliphatic carbocycles. The van der Waals surface area contributed by atoms with Crippen molar-refractivity contribution in [3.8, 4) is 0 Å². The van der Waals surface area contributed by atoms with Gasteiger partial charge in [0.25, 0.3) is 0 Å². The molecule has 1 aromatic carbocycles. The molecule has 0 amide bonds. The van der Waals surface area contributed by atoms with E-state index in [-0.39, 0.29) is 0 Å². The zero-order valence-electron chi connectivity index (χ0n) is 10.8. The largest absolute Gasteiger partial charge is 0.390 e. The normalized spacial score (nSPS) is 31.2. The summed E-state index contributed by atoms with van der Waals surface area (Å²) < 4.78 is 10.9. The topological polar surface area (TPSA) is 58.9 Å². The summed E-state index contributed by atoms with van der Waals surface area (Å²) in [5, 5.41) is 21.3. The molecule has 4 heteroatoms. The second kappa shape index (κ2) is 4.97. The number of aliphatic hydroxyl groups excluding tert-OH is 1. The SMILES string of the molecule is COC1(OC)CCCC(O)C1(O)c1ccccc1. The predicted molar refractivity (Wildman–Crippen MR) is 66.9 cm³/mol. The Labute approximate surface area is 107 Å². The Morgan fingerprint density at radius 3 is 2.33 bits per heavy atom. The molecule has 2 rings (SSSR count). The zero-order chi connectivity index (χ0) is 13.2. The van der Waals surface area contributed by atoms with Gasteiger partial charge in [-0.15, -0.1) is 0 Å². The van der Waals surface area contributed by atoms with Crippen molar-refractivity contribution in [2.45, 2.75) is 36.8 Å². The number of ether oxygens (including phenoxy) is 2. The van der Waals surface area contributed by atoms with Crippen molar-refractivity contribution >= 4 is 0 Å². The molecule has 2 N–H and O–H groups in total. The zero-order valence-corrected chi connectivity index (χ0v) is 10.8. The van der Waals surface area contributed by atoms with Crippen LogP contribution < -0.4 is 0 Å². The summed E-state index contributed by atoms with van der Waals surface area (Å²) in [7, 11) is 2.99. The molecule has 1 aliphatic rings. The molecule has 0 spiro atoms. The van der Waals surface area contributed by atoms with Crippen LogP contribution >= 0.6 is 0 Å². The van der Waals surface area contributed by atoms with Crippen LogP contribution in [0.25, 0.3) is 0 Å². The van der Waals surface area contributed by atoms with Crippen LogP contribution in [0.2, 0.25) is 0 Å². The molecule has 0 aromatic heterocycles. The van der Waals surface area contributed by atoms with Gasteiger partial charge in [-0.2, -0.15) is 0 Å². The van der Waals surface area contributed by atoms with Gasteiger partial charge in [0.1, 0.15) is 0 Å². The lowest BCUT2D eigenvalue weighted by Crippen LogP contribution is -2.63. The highest BCUT2D eigenvalue weighted by molar-refractivity contribution is 5.28. The molecule has 0 aliphatic heterocycles. The molecular weight excluding hydrogens is 232 g/mol. The molecule has 0 heterocycles. The fourth-order valence-corrected chi connectivity index (χ4v) is 2.88. The molecule has 1 saturated carbocycles. The van der Waals surface area contributed by atoms with E-state index in [1.165, 1.54) is 14.2 Å². The molecular formula is C14H20O4. The summed E-state index contributed by atoms with van der Waals surface area (Å²) in [4.78, 5) is 0. The van der Waals surface area contributed by atoms with E-state index in [9.17, 15) is 10.2 Å². The third-order valence-corrected chi connectivity index (χ3v) is 3.92. The minimum absolute atomic E-state index is 0.528. The van der Waals surface area contributed by atoms with Gasteiger partial charge < -0.3 is 19.7 Å². The van der Waals surface area contributed by atoms with Crippen molar-refractivity contribution in [2.75, 3.05) is 14.2 Å². The van der Waals surface area contributed by atoms with Gasteiger partial charge in [0, 0.05) is 20.6 Å². The lowest BCUT2D eigenvalue weighted by molar-refractivity contribution is -0.346. The Kier molecular flexibility index (Phi) is 3.73. The first-order chi connectivity index (χ1) is 8.60. The average Bonchev–Trinajstić information content (AvgIpc) is 2.43. The lowest BCUT2D eigenvalue weighted by atomic mass is 9.72. The van der Waals surface area contributed by atoms with E-state index >= 15 is 0 Å². The van der Waals surface area contributed by atoms with Crippen LogP contribution in [-0.4, -0.2) is 36.3 Å². The first kappa shape index (κ1) is 13.5. The van der Waals surface area contributed by atoms with Crippen LogP contribution in [0.15, 0.2) is 30.3 Å². The molecule has 18 heavy (non-hydrogen) atoms. The van der Waals surface area contributed by atoms with Gasteiger partial charge in [0.15, 0.2) is 5.60 Å². The fraction of sp³-hybridized carbons (Fsp3) is 0.571. The predicted octanol–water partition coefficient (Wildman–Crippen LogP) is 1.41. The number of hydrogen-bond acceptors (Lipinski definition) is 4. The standard InChI is InChI=1S/C14H20O4/c1-17-13(18-2)10-6-9-12(15)14(13,16)11-7-4-3-5-8-11/h3-5,7-8,12,15-16H,6,9-10H2,1-2H3. The summed E-state index contributed by atoms with van der Waals surface area (Å²) in [5.74, 6) is -1.20. The highest BCUT2D eigenvalue weighted by atomic mass is 16.7. The number of benzene rings is 1. The molecule has 0 radical (unpaired) electrons. The van der Waals surface area contributed by atoms with E-state index in [1.54, 1.807) is 12.1 Å². The van der Waals surface area contributed by atoms with Crippen molar-refractivity contribution in [1.82, 2.24) is 0 Å². The Bertz CT molecular complexity index is 388. The monoisotopic (exact) mass is 252 g/mol. The van der Waals surface area contributed by atoms with Crippen molar-refractivity contribution in [3.63, 3.8) is 0 Å². The maximum atomic E-state index is 11.0. The van der Waals surface area contributed by atoms with Gasteiger partial charge in [0.05, 0.1) is 6.10 Å². The molecule has 2 unspecified atom stereocenters. The van der Waals surface area contributed by atoms with Crippen molar-refractivity contribution in [1.29, 1.82) is 0 Å². The second-order valence-corrected chi connectivity index (χ2v) is 4.70. The maximum absolute atomic E-state index is 11.0. The minimum Gasteiger partial charge on any atom is -0.390 e. The maximum Gasteiger partial charge on any atom is 0.203 e. The third-order valence-electron chi connectivity index (χ3n) is 3.92. The molecule has 1 fully saturated rings. The summed E-state index contributed by atoms with van der Waals surface area (Å²) in [6.45, 7) is 0. The molecule has 4 nitrogen and oxygen atoms in total. The average molecular weight is 252 g/mol. The number of hydrogen-bond donors (Lipinski definition) is 2. The second-order valence-electron chi connectivity index (χ2n) is 4.70. The van der Waals surface area contributed by atoms with Gasteiger partial charge >= 0.3 is 0 Å². The molecule has 0 saturated heterocycles. The quantitative estimate of drug-likeness (QED) is 0.799.